The first-order chi connectivity index (χ1) is 12.5. The fraction of sp³-hybridized carbons (Fsp3) is 0.333. The van der Waals surface area contributed by atoms with Gasteiger partial charge < -0.3 is 4.74 Å². The molecule has 0 radical (unpaired) electrons. The summed E-state index contributed by atoms with van der Waals surface area (Å²) in [7, 11) is 0. The summed E-state index contributed by atoms with van der Waals surface area (Å²) < 4.78 is 62.1. The number of benzene rings is 2. The van der Waals surface area contributed by atoms with E-state index in [1.807, 2.05) is 0 Å². The van der Waals surface area contributed by atoms with Gasteiger partial charge in [-0.25, -0.2) is 13.2 Å². The molecular weight excluding hydrogens is 344 g/mol. The van der Waals surface area contributed by atoms with Crippen LogP contribution < -0.4 is 4.74 Å². The molecule has 0 saturated carbocycles. The fourth-order valence-electron chi connectivity index (χ4n) is 2.70. The van der Waals surface area contributed by atoms with Crippen LogP contribution in [-0.4, -0.2) is 0 Å². The molecule has 2 aromatic carbocycles. The molecule has 0 bridgehead atoms. The first kappa shape index (κ1) is 20.0. The smallest absolute Gasteiger partial charge is 0.201 e. The van der Waals surface area contributed by atoms with Gasteiger partial charge in [0, 0.05) is 11.1 Å². The second kappa shape index (κ2) is 9.41. The van der Waals surface area contributed by atoms with Gasteiger partial charge in [-0.3, -0.25) is 0 Å². The minimum atomic E-state index is -1.28. The molecule has 0 aliphatic heterocycles. The monoisotopic (exact) mass is 366 g/mol. The summed E-state index contributed by atoms with van der Waals surface area (Å²) >= 11 is 0. The lowest BCUT2D eigenvalue weighted by molar-refractivity contribution is 0.415. The van der Waals surface area contributed by atoms with Crippen molar-refractivity contribution in [2.24, 2.45) is 0 Å². The second-order valence-electron chi connectivity index (χ2n) is 6.04. The van der Waals surface area contributed by atoms with Gasteiger partial charge in [-0.1, -0.05) is 44.4 Å². The molecule has 0 spiro atoms. The van der Waals surface area contributed by atoms with E-state index in [0.717, 1.165) is 25.7 Å². The maximum atomic E-state index is 14.4. The normalized spacial score (nSPS) is 11.3. The predicted molar refractivity (Wildman–Crippen MR) is 95.0 cm³/mol. The third-order valence-corrected chi connectivity index (χ3v) is 4.13. The van der Waals surface area contributed by atoms with Crippen molar-refractivity contribution in [3.8, 4) is 16.9 Å². The van der Waals surface area contributed by atoms with Crippen molar-refractivity contribution in [3.63, 3.8) is 0 Å². The van der Waals surface area contributed by atoms with E-state index >= 15 is 0 Å². The highest BCUT2D eigenvalue weighted by atomic mass is 19.2. The number of allylic oxidation sites excluding steroid dienone is 1. The van der Waals surface area contributed by atoms with Gasteiger partial charge >= 0.3 is 0 Å². The zero-order chi connectivity index (χ0) is 19.1. The number of unbranched alkanes of at least 4 members (excludes halogenated alkanes) is 3. The molecule has 0 atom stereocenters. The van der Waals surface area contributed by atoms with Crippen molar-refractivity contribution in [3.05, 3.63) is 65.4 Å². The Hall–Kier alpha value is -2.30. The van der Waals surface area contributed by atoms with Crippen LogP contribution in [0.2, 0.25) is 0 Å². The Morgan fingerprint density at radius 1 is 0.808 bits per heavy atom. The van der Waals surface area contributed by atoms with Gasteiger partial charge in [-0.15, -0.1) is 0 Å². The Morgan fingerprint density at radius 2 is 1.46 bits per heavy atom. The van der Waals surface area contributed by atoms with E-state index in [2.05, 4.69) is 6.92 Å². The standard InChI is InChI=1S/C21H22F4O/c1-3-5-6-7-8-14-9-10-15(19(23)18(14)22)16-11-12-17(26-13-4-2)21(25)20(16)24/h4,9-13H,3,5-8H2,1-2H3. The van der Waals surface area contributed by atoms with Crippen molar-refractivity contribution in [2.45, 2.75) is 46.0 Å². The summed E-state index contributed by atoms with van der Waals surface area (Å²) in [4.78, 5) is 0. The van der Waals surface area contributed by atoms with Gasteiger partial charge in [0.2, 0.25) is 5.82 Å². The van der Waals surface area contributed by atoms with Crippen LogP contribution in [0.3, 0.4) is 0 Å². The van der Waals surface area contributed by atoms with Gasteiger partial charge in [-0.05, 0) is 37.5 Å². The van der Waals surface area contributed by atoms with E-state index in [0.29, 0.717) is 6.42 Å². The van der Waals surface area contributed by atoms with Crippen LogP contribution in [0.15, 0.2) is 36.6 Å². The number of ether oxygens (including phenoxy) is 1. The molecule has 1 nitrogen and oxygen atoms in total. The van der Waals surface area contributed by atoms with E-state index in [1.54, 1.807) is 6.92 Å². The summed E-state index contributed by atoms with van der Waals surface area (Å²) in [6, 6.07) is 5.08. The predicted octanol–water partition coefficient (Wildman–Crippen LogP) is 6.95. The zero-order valence-corrected chi connectivity index (χ0v) is 14.9. The molecule has 26 heavy (non-hydrogen) atoms. The molecular formula is C21H22F4O. The van der Waals surface area contributed by atoms with E-state index < -0.39 is 23.3 Å². The van der Waals surface area contributed by atoms with Gasteiger partial charge in [0.1, 0.15) is 0 Å². The maximum absolute atomic E-state index is 14.4. The molecule has 2 aromatic rings. The maximum Gasteiger partial charge on any atom is 0.201 e. The van der Waals surface area contributed by atoms with Crippen LogP contribution >= 0.6 is 0 Å². The third kappa shape index (κ3) is 4.45. The molecule has 2 rings (SSSR count). The lowest BCUT2D eigenvalue weighted by atomic mass is 9.99. The van der Waals surface area contributed by atoms with Gasteiger partial charge in [0.05, 0.1) is 6.26 Å². The Bertz CT molecular complexity index is 784. The lowest BCUT2D eigenvalue weighted by Gasteiger charge is -2.11. The molecule has 0 amide bonds. The Kier molecular flexibility index (Phi) is 7.25. The molecule has 0 unspecified atom stereocenters. The van der Waals surface area contributed by atoms with E-state index in [1.165, 1.54) is 36.6 Å². The molecule has 0 fully saturated rings. The number of hydrogen-bond acceptors (Lipinski definition) is 1. The van der Waals surface area contributed by atoms with Crippen molar-refractivity contribution in [1.29, 1.82) is 0 Å². The number of aryl methyl sites for hydroxylation is 1. The summed E-state index contributed by atoms with van der Waals surface area (Å²) in [5, 5.41) is 0. The van der Waals surface area contributed by atoms with Crippen LogP contribution in [0.4, 0.5) is 17.6 Å². The van der Waals surface area contributed by atoms with Gasteiger partial charge in [0.25, 0.3) is 0 Å². The van der Waals surface area contributed by atoms with Crippen LogP contribution in [0.25, 0.3) is 11.1 Å². The van der Waals surface area contributed by atoms with E-state index in [-0.39, 0.29) is 22.4 Å². The molecule has 0 aromatic heterocycles. The summed E-state index contributed by atoms with van der Waals surface area (Å²) in [6.07, 6.45) is 6.90. The molecule has 0 aliphatic rings. The van der Waals surface area contributed by atoms with Crippen molar-refractivity contribution < 1.29 is 22.3 Å². The average molecular weight is 366 g/mol. The molecule has 0 heterocycles. The van der Waals surface area contributed by atoms with Crippen molar-refractivity contribution >= 4 is 0 Å². The number of hydrogen-bond donors (Lipinski definition) is 0. The summed E-state index contributed by atoms with van der Waals surface area (Å²) in [5.41, 5.74) is -0.408. The summed E-state index contributed by atoms with van der Waals surface area (Å²) in [6.45, 7) is 3.72. The highest BCUT2D eigenvalue weighted by molar-refractivity contribution is 5.66. The van der Waals surface area contributed by atoms with Crippen molar-refractivity contribution in [1.82, 2.24) is 0 Å². The molecule has 5 heteroatoms. The van der Waals surface area contributed by atoms with Gasteiger partial charge in [0.15, 0.2) is 23.2 Å². The number of rotatable bonds is 8. The average Bonchev–Trinajstić information content (AvgIpc) is 2.64. The van der Waals surface area contributed by atoms with Crippen LogP contribution in [0.1, 0.15) is 45.1 Å². The lowest BCUT2D eigenvalue weighted by Crippen LogP contribution is -2.00. The fourth-order valence-corrected chi connectivity index (χ4v) is 2.70. The Morgan fingerprint density at radius 3 is 2.12 bits per heavy atom. The SMILES string of the molecule is CC=COc1ccc(-c2ccc(CCCCCC)c(F)c2F)c(F)c1F. The van der Waals surface area contributed by atoms with Crippen LogP contribution in [0.5, 0.6) is 5.75 Å². The number of halogens is 4. The minimum Gasteiger partial charge on any atom is -0.462 e. The molecule has 0 N–H and O–H groups in total. The first-order valence-corrected chi connectivity index (χ1v) is 8.74. The quantitative estimate of drug-likeness (QED) is 0.279. The second-order valence-corrected chi connectivity index (χ2v) is 6.04. The van der Waals surface area contributed by atoms with E-state index in [4.69, 9.17) is 4.74 Å². The largest absolute Gasteiger partial charge is 0.462 e. The third-order valence-electron chi connectivity index (χ3n) is 4.13. The zero-order valence-electron chi connectivity index (χ0n) is 14.9. The van der Waals surface area contributed by atoms with E-state index in [9.17, 15) is 17.6 Å². The topological polar surface area (TPSA) is 9.23 Å². The first-order valence-electron chi connectivity index (χ1n) is 8.74. The van der Waals surface area contributed by atoms with Gasteiger partial charge in [-0.2, -0.15) is 4.39 Å². The highest BCUT2D eigenvalue weighted by Crippen LogP contribution is 2.33. The molecule has 140 valence electrons. The molecule has 0 aliphatic carbocycles. The Labute approximate surface area is 151 Å². The highest BCUT2D eigenvalue weighted by Gasteiger charge is 2.21. The molecule has 0 saturated heterocycles. The van der Waals surface area contributed by atoms with Crippen LogP contribution in [-0.2, 0) is 6.42 Å². The summed E-state index contributed by atoms with van der Waals surface area (Å²) in [5.74, 6) is -5.02. The Balaban J connectivity index is 2.31. The minimum absolute atomic E-state index is 0.247. The van der Waals surface area contributed by atoms with Crippen LogP contribution in [0, 0.1) is 23.3 Å². The van der Waals surface area contributed by atoms with Crippen molar-refractivity contribution in [2.75, 3.05) is 0 Å².